The molecule has 0 atom stereocenters. The van der Waals surface area contributed by atoms with Crippen LogP contribution in [0.15, 0.2) is 47.7 Å². The molecule has 0 spiro atoms. The lowest BCUT2D eigenvalue weighted by molar-refractivity contribution is 0.0969. The number of pyridine rings is 1. The Morgan fingerprint density at radius 1 is 1.04 bits per heavy atom. The normalized spacial score (nSPS) is 14.1. The maximum Gasteiger partial charge on any atom is 0.190 e. The summed E-state index contributed by atoms with van der Waals surface area (Å²) in [6.45, 7) is 3.63. The first-order valence-electron chi connectivity index (χ1n) is 8.04. The molecule has 4 heteroatoms. The maximum absolute atomic E-state index is 13.4. The first-order chi connectivity index (χ1) is 11.5. The molecule has 0 saturated carbocycles. The first-order valence-corrected chi connectivity index (χ1v) is 8.04. The zero-order chi connectivity index (χ0) is 17.3. The van der Waals surface area contributed by atoms with Gasteiger partial charge in [-0.25, -0.2) is 4.39 Å². The minimum Gasteiger partial charge on any atom is -0.289 e. The van der Waals surface area contributed by atoms with E-state index in [-0.39, 0.29) is 23.8 Å². The van der Waals surface area contributed by atoms with E-state index in [1.807, 2.05) is 6.92 Å². The molecule has 24 heavy (non-hydrogen) atoms. The Kier molecular flexibility index (Phi) is 4.38. The summed E-state index contributed by atoms with van der Waals surface area (Å²) in [4.78, 5) is 29.7. The fourth-order valence-corrected chi connectivity index (χ4v) is 3.06. The van der Waals surface area contributed by atoms with E-state index < -0.39 is 0 Å². The molecule has 0 unspecified atom stereocenters. The minimum atomic E-state index is -0.377. The third-order valence-electron chi connectivity index (χ3n) is 4.29. The van der Waals surface area contributed by atoms with Crippen molar-refractivity contribution in [2.24, 2.45) is 0 Å². The van der Waals surface area contributed by atoms with Crippen LogP contribution in [0.5, 0.6) is 0 Å². The van der Waals surface area contributed by atoms with Crippen LogP contribution in [-0.2, 0) is 6.42 Å². The molecule has 0 aliphatic heterocycles. The average molecular weight is 323 g/mol. The third-order valence-corrected chi connectivity index (χ3v) is 4.29. The van der Waals surface area contributed by atoms with Gasteiger partial charge in [0.25, 0.3) is 0 Å². The Hall–Kier alpha value is -2.62. The largest absolute Gasteiger partial charge is 0.289 e. The monoisotopic (exact) mass is 323 g/mol. The van der Waals surface area contributed by atoms with Crippen LogP contribution in [0.1, 0.15) is 51.7 Å². The molecule has 1 heterocycles. The van der Waals surface area contributed by atoms with Gasteiger partial charge in [0, 0.05) is 34.4 Å². The molecule has 122 valence electrons. The number of fused-ring (bicyclic) bond motifs is 1. The van der Waals surface area contributed by atoms with Crippen molar-refractivity contribution in [2.75, 3.05) is 0 Å². The molecule has 1 aliphatic carbocycles. The number of rotatable bonds is 4. The van der Waals surface area contributed by atoms with Crippen molar-refractivity contribution in [1.29, 1.82) is 0 Å². The molecule has 0 bridgehead atoms. The number of hydrogen-bond acceptors (Lipinski definition) is 3. The van der Waals surface area contributed by atoms with Crippen LogP contribution in [0, 0.1) is 12.7 Å². The van der Waals surface area contributed by atoms with Gasteiger partial charge in [0.1, 0.15) is 5.82 Å². The number of aromatic nitrogens is 1. The maximum atomic E-state index is 13.4. The predicted octanol–water partition coefficient (Wildman–Crippen LogP) is 4.25. The zero-order valence-electron chi connectivity index (χ0n) is 13.7. The Labute approximate surface area is 140 Å². The number of halogens is 1. The molecule has 1 aromatic carbocycles. The van der Waals surface area contributed by atoms with Crippen LogP contribution in [0.25, 0.3) is 0 Å². The summed E-state index contributed by atoms with van der Waals surface area (Å²) in [6, 6.07) is 8.53. The second kappa shape index (κ2) is 6.48. The van der Waals surface area contributed by atoms with Crippen molar-refractivity contribution in [2.45, 2.75) is 33.1 Å². The van der Waals surface area contributed by atoms with E-state index >= 15 is 0 Å². The standard InChI is InChI=1S/C20H18FNO2/c1-3-6-14-17(10-13-9-12(2)18(21)11-22-13)20(24)16-8-5-4-7-15(16)19(14)23/h4-5,7-9,11H,3,6,10H2,1-2H3. The summed E-state index contributed by atoms with van der Waals surface area (Å²) in [5.41, 5.74) is 3.03. The van der Waals surface area contributed by atoms with Crippen LogP contribution >= 0.6 is 0 Å². The van der Waals surface area contributed by atoms with E-state index in [0.717, 1.165) is 12.6 Å². The number of benzene rings is 1. The number of Topliss-reactive ketones (excluding diaryl/α,β-unsaturated/α-hetero) is 2. The highest BCUT2D eigenvalue weighted by molar-refractivity contribution is 6.27. The second-order valence-corrected chi connectivity index (χ2v) is 6.01. The molecular weight excluding hydrogens is 305 g/mol. The number of hydrogen-bond donors (Lipinski definition) is 0. The van der Waals surface area contributed by atoms with Crippen molar-refractivity contribution in [3.05, 3.63) is 75.9 Å². The fraction of sp³-hybridized carbons (Fsp3) is 0.250. The molecule has 0 N–H and O–H groups in total. The summed E-state index contributed by atoms with van der Waals surface area (Å²) in [6.07, 6.45) is 2.73. The van der Waals surface area contributed by atoms with Gasteiger partial charge in [0.05, 0.1) is 6.20 Å². The Morgan fingerprint density at radius 2 is 1.67 bits per heavy atom. The number of carbonyl (C=O) groups excluding carboxylic acids is 2. The average Bonchev–Trinajstić information content (AvgIpc) is 2.59. The number of allylic oxidation sites excluding steroid dienone is 2. The van der Waals surface area contributed by atoms with Crippen molar-refractivity contribution in [3.63, 3.8) is 0 Å². The molecule has 0 saturated heterocycles. The summed E-state index contributed by atoms with van der Waals surface area (Å²) < 4.78 is 13.4. The molecule has 0 fully saturated rings. The zero-order valence-corrected chi connectivity index (χ0v) is 13.7. The van der Waals surface area contributed by atoms with Gasteiger partial charge in [-0.1, -0.05) is 37.6 Å². The molecule has 3 nitrogen and oxygen atoms in total. The Balaban J connectivity index is 2.07. The topological polar surface area (TPSA) is 47.0 Å². The van der Waals surface area contributed by atoms with Crippen LogP contribution in [0.2, 0.25) is 0 Å². The lowest BCUT2D eigenvalue weighted by Gasteiger charge is -2.21. The molecule has 2 aromatic rings. The SMILES string of the molecule is CCCC1=C(Cc2cc(C)c(F)cn2)C(=O)c2ccccc2C1=O. The van der Waals surface area contributed by atoms with E-state index in [1.165, 1.54) is 0 Å². The summed E-state index contributed by atoms with van der Waals surface area (Å²) in [5.74, 6) is -0.587. The summed E-state index contributed by atoms with van der Waals surface area (Å²) >= 11 is 0. The quantitative estimate of drug-likeness (QED) is 0.845. The third kappa shape index (κ3) is 2.80. The minimum absolute atomic E-state index is 0.0825. The van der Waals surface area contributed by atoms with Gasteiger partial charge < -0.3 is 0 Å². The molecule has 0 radical (unpaired) electrons. The van der Waals surface area contributed by atoms with Crippen LogP contribution in [0.3, 0.4) is 0 Å². The Bertz CT molecular complexity index is 868. The van der Waals surface area contributed by atoms with E-state index in [1.54, 1.807) is 37.3 Å². The van der Waals surface area contributed by atoms with Crippen LogP contribution in [-0.4, -0.2) is 16.6 Å². The molecule has 1 aliphatic rings. The number of ketones is 2. The number of nitrogens with zero attached hydrogens (tertiary/aromatic N) is 1. The first kappa shape index (κ1) is 16.2. The smallest absolute Gasteiger partial charge is 0.190 e. The lowest BCUT2D eigenvalue weighted by Crippen LogP contribution is -2.23. The second-order valence-electron chi connectivity index (χ2n) is 6.01. The van der Waals surface area contributed by atoms with Crippen molar-refractivity contribution < 1.29 is 14.0 Å². The van der Waals surface area contributed by atoms with Crippen LogP contribution < -0.4 is 0 Å². The van der Waals surface area contributed by atoms with Gasteiger partial charge in [-0.15, -0.1) is 0 Å². The van der Waals surface area contributed by atoms with E-state index in [9.17, 15) is 14.0 Å². The highest BCUT2D eigenvalue weighted by Gasteiger charge is 2.31. The van der Waals surface area contributed by atoms with E-state index in [0.29, 0.717) is 40.0 Å². The van der Waals surface area contributed by atoms with Crippen molar-refractivity contribution >= 4 is 11.6 Å². The predicted molar refractivity (Wildman–Crippen MR) is 89.7 cm³/mol. The van der Waals surface area contributed by atoms with Gasteiger partial charge in [-0.2, -0.15) is 0 Å². The summed E-state index contributed by atoms with van der Waals surface area (Å²) in [7, 11) is 0. The van der Waals surface area contributed by atoms with Gasteiger partial charge in [0.15, 0.2) is 11.6 Å². The highest BCUT2D eigenvalue weighted by atomic mass is 19.1. The van der Waals surface area contributed by atoms with Crippen molar-refractivity contribution in [3.8, 4) is 0 Å². The molecule has 3 rings (SSSR count). The molecule has 0 amide bonds. The van der Waals surface area contributed by atoms with Gasteiger partial charge in [0.2, 0.25) is 0 Å². The van der Waals surface area contributed by atoms with Gasteiger partial charge in [-0.05, 0) is 25.0 Å². The van der Waals surface area contributed by atoms with E-state index in [4.69, 9.17) is 0 Å². The number of carbonyl (C=O) groups is 2. The lowest BCUT2D eigenvalue weighted by atomic mass is 9.80. The molecular formula is C20H18FNO2. The molecule has 1 aromatic heterocycles. The van der Waals surface area contributed by atoms with Gasteiger partial charge >= 0.3 is 0 Å². The van der Waals surface area contributed by atoms with E-state index in [2.05, 4.69) is 4.98 Å². The fourth-order valence-electron chi connectivity index (χ4n) is 3.06. The number of aryl methyl sites for hydroxylation is 1. The van der Waals surface area contributed by atoms with Gasteiger partial charge in [-0.3, -0.25) is 14.6 Å². The highest BCUT2D eigenvalue weighted by Crippen LogP contribution is 2.30. The Morgan fingerprint density at radius 3 is 2.25 bits per heavy atom. The van der Waals surface area contributed by atoms with Crippen molar-refractivity contribution in [1.82, 2.24) is 4.98 Å². The summed E-state index contributed by atoms with van der Waals surface area (Å²) in [5, 5.41) is 0. The van der Waals surface area contributed by atoms with Crippen LogP contribution in [0.4, 0.5) is 4.39 Å².